The van der Waals surface area contributed by atoms with Crippen LogP contribution in [0.2, 0.25) is 0 Å². The highest BCUT2D eigenvalue weighted by atomic mass is 79.9. The zero-order chi connectivity index (χ0) is 19.3. The van der Waals surface area contributed by atoms with Crippen molar-refractivity contribution in [2.75, 3.05) is 19.7 Å². The molecule has 0 amide bonds. The largest absolute Gasteiger partial charge is 0.492 e. The molecule has 3 rings (SSSR count). The van der Waals surface area contributed by atoms with Gasteiger partial charge in [0.05, 0.1) is 5.54 Å². The molecule has 3 nitrogen and oxygen atoms in total. The van der Waals surface area contributed by atoms with Gasteiger partial charge in [0.15, 0.2) is 5.78 Å². The van der Waals surface area contributed by atoms with Gasteiger partial charge in [-0.1, -0.05) is 36.2 Å². The maximum atomic E-state index is 12.6. The maximum Gasteiger partial charge on any atom is 0.193 e. The summed E-state index contributed by atoms with van der Waals surface area (Å²) in [4.78, 5) is 15.2. The van der Waals surface area contributed by atoms with Crippen LogP contribution in [0.1, 0.15) is 55.5 Å². The Morgan fingerprint density at radius 2 is 1.70 bits per heavy atom. The van der Waals surface area contributed by atoms with E-state index in [0.717, 1.165) is 16.8 Å². The van der Waals surface area contributed by atoms with Crippen LogP contribution in [0.5, 0.6) is 5.75 Å². The van der Waals surface area contributed by atoms with Crippen LogP contribution in [0.3, 0.4) is 0 Å². The SMILES string of the molecule is CCCC1(COc2ccc(C(=O)c3ccc(Br)cc3)cc2)CCCN1CC. The van der Waals surface area contributed by atoms with Crippen molar-refractivity contribution in [3.63, 3.8) is 0 Å². The van der Waals surface area contributed by atoms with Gasteiger partial charge in [0, 0.05) is 15.6 Å². The Hall–Kier alpha value is -1.65. The quantitative estimate of drug-likeness (QED) is 0.502. The molecule has 2 aromatic rings. The summed E-state index contributed by atoms with van der Waals surface area (Å²) >= 11 is 3.40. The number of hydrogen-bond donors (Lipinski definition) is 0. The Labute approximate surface area is 170 Å². The first-order valence-electron chi connectivity index (χ1n) is 9.86. The maximum absolute atomic E-state index is 12.6. The summed E-state index contributed by atoms with van der Waals surface area (Å²) in [6.07, 6.45) is 4.79. The van der Waals surface area contributed by atoms with Gasteiger partial charge in [-0.15, -0.1) is 0 Å². The first-order chi connectivity index (χ1) is 13.1. The van der Waals surface area contributed by atoms with Gasteiger partial charge in [-0.3, -0.25) is 9.69 Å². The van der Waals surface area contributed by atoms with Crippen molar-refractivity contribution in [3.8, 4) is 5.75 Å². The van der Waals surface area contributed by atoms with Crippen LogP contribution in [-0.4, -0.2) is 35.9 Å². The fourth-order valence-corrected chi connectivity index (χ4v) is 4.42. The second kappa shape index (κ2) is 9.03. The van der Waals surface area contributed by atoms with Gasteiger partial charge in [0.1, 0.15) is 12.4 Å². The Morgan fingerprint density at radius 1 is 1.07 bits per heavy atom. The lowest BCUT2D eigenvalue weighted by molar-refractivity contribution is 0.0711. The number of nitrogens with zero attached hydrogens (tertiary/aromatic N) is 1. The van der Waals surface area contributed by atoms with Gasteiger partial charge in [0.25, 0.3) is 0 Å². The number of ketones is 1. The summed E-state index contributed by atoms with van der Waals surface area (Å²) in [5, 5.41) is 0. The third-order valence-corrected chi connectivity index (χ3v) is 6.10. The fraction of sp³-hybridized carbons (Fsp3) is 0.435. The van der Waals surface area contributed by atoms with Crippen molar-refractivity contribution in [1.82, 2.24) is 4.90 Å². The molecule has 1 aliphatic heterocycles. The average Bonchev–Trinajstić information content (AvgIpc) is 3.10. The number of carbonyl (C=O) groups excluding carboxylic acids is 1. The lowest BCUT2D eigenvalue weighted by Crippen LogP contribution is -2.48. The third kappa shape index (κ3) is 4.61. The lowest BCUT2D eigenvalue weighted by Gasteiger charge is -2.37. The molecular formula is C23H28BrNO2. The van der Waals surface area contributed by atoms with Crippen molar-refractivity contribution in [2.24, 2.45) is 0 Å². The van der Waals surface area contributed by atoms with Gasteiger partial charge in [-0.2, -0.15) is 0 Å². The molecule has 144 valence electrons. The number of likely N-dealkylation sites (N-methyl/N-ethyl adjacent to an activating group) is 1. The zero-order valence-electron chi connectivity index (χ0n) is 16.2. The molecule has 27 heavy (non-hydrogen) atoms. The molecule has 0 radical (unpaired) electrons. The predicted octanol–water partition coefficient (Wildman–Crippen LogP) is 5.71. The average molecular weight is 430 g/mol. The monoisotopic (exact) mass is 429 g/mol. The van der Waals surface area contributed by atoms with E-state index in [1.165, 1.54) is 32.2 Å². The van der Waals surface area contributed by atoms with E-state index in [0.29, 0.717) is 17.7 Å². The highest BCUT2D eigenvalue weighted by Gasteiger charge is 2.39. The Kier molecular flexibility index (Phi) is 6.72. The summed E-state index contributed by atoms with van der Waals surface area (Å²) < 4.78 is 7.14. The first-order valence-corrected chi connectivity index (χ1v) is 10.7. The van der Waals surface area contributed by atoms with E-state index in [1.807, 2.05) is 48.5 Å². The van der Waals surface area contributed by atoms with Crippen LogP contribution < -0.4 is 4.74 Å². The van der Waals surface area contributed by atoms with E-state index in [9.17, 15) is 4.79 Å². The topological polar surface area (TPSA) is 29.5 Å². The molecule has 0 bridgehead atoms. The van der Waals surface area contributed by atoms with Crippen molar-refractivity contribution < 1.29 is 9.53 Å². The third-order valence-electron chi connectivity index (χ3n) is 5.57. The number of halogens is 1. The van der Waals surface area contributed by atoms with Crippen LogP contribution in [-0.2, 0) is 0 Å². The highest BCUT2D eigenvalue weighted by molar-refractivity contribution is 9.10. The van der Waals surface area contributed by atoms with Crippen molar-refractivity contribution in [1.29, 1.82) is 0 Å². The van der Waals surface area contributed by atoms with Gasteiger partial charge in [-0.25, -0.2) is 0 Å². The van der Waals surface area contributed by atoms with Crippen LogP contribution >= 0.6 is 15.9 Å². The van der Waals surface area contributed by atoms with Crippen LogP contribution in [0.25, 0.3) is 0 Å². The molecular weight excluding hydrogens is 402 g/mol. The van der Waals surface area contributed by atoms with E-state index in [2.05, 4.69) is 34.7 Å². The van der Waals surface area contributed by atoms with E-state index >= 15 is 0 Å². The number of carbonyl (C=O) groups is 1. The van der Waals surface area contributed by atoms with Gasteiger partial charge in [0.2, 0.25) is 0 Å². The Bertz CT molecular complexity index is 757. The van der Waals surface area contributed by atoms with E-state index in [1.54, 1.807) is 0 Å². The minimum atomic E-state index is 0.0319. The number of ether oxygens (including phenoxy) is 1. The van der Waals surface area contributed by atoms with Gasteiger partial charge >= 0.3 is 0 Å². The summed E-state index contributed by atoms with van der Waals surface area (Å²) in [7, 11) is 0. The first kappa shape index (κ1) is 20.1. The van der Waals surface area contributed by atoms with Crippen molar-refractivity contribution in [2.45, 2.75) is 45.1 Å². The Balaban J connectivity index is 1.66. The second-order valence-electron chi connectivity index (χ2n) is 7.31. The minimum Gasteiger partial charge on any atom is -0.492 e. The molecule has 1 unspecified atom stereocenters. The predicted molar refractivity (Wildman–Crippen MR) is 114 cm³/mol. The standard InChI is InChI=1S/C23H28BrNO2/c1-3-14-23(15-5-16-25(23)4-2)17-27-21-12-8-19(9-13-21)22(26)18-6-10-20(24)11-7-18/h6-13H,3-5,14-17H2,1-2H3. The number of hydrogen-bond acceptors (Lipinski definition) is 3. The zero-order valence-corrected chi connectivity index (χ0v) is 17.8. The van der Waals surface area contributed by atoms with Crippen LogP contribution in [0.4, 0.5) is 0 Å². The smallest absolute Gasteiger partial charge is 0.193 e. The molecule has 0 aliphatic carbocycles. The van der Waals surface area contributed by atoms with Gasteiger partial charge < -0.3 is 4.74 Å². The van der Waals surface area contributed by atoms with E-state index in [4.69, 9.17) is 4.74 Å². The van der Waals surface area contributed by atoms with E-state index < -0.39 is 0 Å². The number of rotatable bonds is 8. The lowest BCUT2D eigenvalue weighted by atomic mass is 9.91. The molecule has 1 atom stereocenters. The molecule has 0 saturated carbocycles. The van der Waals surface area contributed by atoms with Crippen LogP contribution in [0.15, 0.2) is 53.0 Å². The molecule has 1 saturated heterocycles. The molecule has 1 aliphatic rings. The molecule has 1 fully saturated rings. The molecule has 0 N–H and O–H groups in total. The Morgan fingerprint density at radius 3 is 2.30 bits per heavy atom. The van der Waals surface area contributed by atoms with Gasteiger partial charge in [-0.05, 0) is 80.9 Å². The second-order valence-corrected chi connectivity index (χ2v) is 8.22. The summed E-state index contributed by atoms with van der Waals surface area (Å²) in [6.45, 7) is 7.44. The normalized spacial score (nSPS) is 20.0. The molecule has 0 spiro atoms. The molecule has 0 aromatic heterocycles. The molecule has 4 heteroatoms. The fourth-order valence-electron chi connectivity index (χ4n) is 4.16. The summed E-state index contributed by atoms with van der Waals surface area (Å²) in [6, 6.07) is 15.0. The van der Waals surface area contributed by atoms with Crippen LogP contribution in [0, 0.1) is 0 Å². The molecule has 1 heterocycles. The minimum absolute atomic E-state index is 0.0319. The number of benzene rings is 2. The number of likely N-dealkylation sites (tertiary alicyclic amines) is 1. The van der Waals surface area contributed by atoms with Crippen molar-refractivity contribution >= 4 is 21.7 Å². The van der Waals surface area contributed by atoms with Crippen molar-refractivity contribution in [3.05, 3.63) is 64.1 Å². The van der Waals surface area contributed by atoms with E-state index in [-0.39, 0.29) is 11.3 Å². The highest BCUT2D eigenvalue weighted by Crippen LogP contribution is 2.34. The summed E-state index contributed by atoms with van der Waals surface area (Å²) in [5.41, 5.74) is 1.54. The summed E-state index contributed by atoms with van der Waals surface area (Å²) in [5.74, 6) is 0.866. The molecule has 2 aromatic carbocycles.